The molecular formula is C63H128O15Si6. The van der Waals surface area contributed by atoms with E-state index in [1.54, 1.807) is 0 Å². The van der Waals surface area contributed by atoms with Gasteiger partial charge in [-0.3, -0.25) is 0 Å². The van der Waals surface area contributed by atoms with Crippen LogP contribution in [0.3, 0.4) is 0 Å². The number of hydrogen-bond donors (Lipinski definition) is 0. The molecule has 3 heterocycles. The lowest BCUT2D eigenvalue weighted by Gasteiger charge is -2.35. The molecule has 0 aromatic carbocycles. The monoisotopic (exact) mass is 1290 g/mol. The minimum absolute atomic E-state index is 0.314. The second-order valence-corrected chi connectivity index (χ2v) is 56.7. The molecule has 21 heteroatoms. The molecule has 0 spiro atoms. The predicted octanol–water partition coefficient (Wildman–Crippen LogP) is 13.9. The van der Waals surface area contributed by atoms with Gasteiger partial charge in [0.15, 0.2) is 49.9 Å². The third-order valence-electron chi connectivity index (χ3n) is 18.9. The van der Waals surface area contributed by atoms with E-state index in [-0.39, 0.29) is 5.41 Å². The summed E-state index contributed by atoms with van der Waals surface area (Å²) in [4.78, 5) is 0. The van der Waals surface area contributed by atoms with Crippen LogP contribution < -0.4 is 0 Å². The zero-order valence-electron chi connectivity index (χ0n) is 56.1. The van der Waals surface area contributed by atoms with Gasteiger partial charge in [0.1, 0.15) is 0 Å². The average molecular weight is 1290 g/mol. The van der Waals surface area contributed by atoms with Gasteiger partial charge in [-0.2, -0.15) is 0 Å². The summed E-state index contributed by atoms with van der Waals surface area (Å²) in [6.45, 7) is 41.2. The van der Waals surface area contributed by atoms with Crippen molar-refractivity contribution < 1.29 is 69.2 Å². The van der Waals surface area contributed by atoms with E-state index in [1.165, 1.54) is 95.2 Å². The highest BCUT2D eigenvalue weighted by Crippen LogP contribution is 2.44. The van der Waals surface area contributed by atoms with Gasteiger partial charge in [0, 0.05) is 25.2 Å². The minimum Gasteiger partial charge on any atom is -0.455 e. The smallest absolute Gasteiger partial charge is 0.173 e. The van der Waals surface area contributed by atoms with Gasteiger partial charge in [-0.15, -0.1) is 0 Å². The van der Waals surface area contributed by atoms with Gasteiger partial charge in [0.25, 0.3) is 0 Å². The van der Waals surface area contributed by atoms with Crippen molar-refractivity contribution in [3.8, 4) is 0 Å². The van der Waals surface area contributed by atoms with E-state index in [9.17, 15) is 0 Å². The number of epoxide rings is 3. The molecule has 6 fully saturated rings. The summed E-state index contributed by atoms with van der Waals surface area (Å²) >= 11 is 0. The van der Waals surface area contributed by atoms with E-state index < -0.39 is 49.9 Å². The molecule has 3 aliphatic carbocycles. The molecule has 84 heavy (non-hydrogen) atoms. The number of rotatable bonds is 52. The Balaban J connectivity index is 0.788. The van der Waals surface area contributed by atoms with E-state index in [2.05, 4.69) is 85.5 Å². The molecule has 0 aromatic rings. The van der Waals surface area contributed by atoms with E-state index in [1.807, 2.05) is 0 Å². The van der Waals surface area contributed by atoms with Gasteiger partial charge < -0.3 is 69.2 Å². The maximum atomic E-state index is 6.95. The highest BCUT2D eigenvalue weighted by atomic mass is 28.4. The Kier molecular flexibility index (Phi) is 32.3. The van der Waals surface area contributed by atoms with Gasteiger partial charge in [0.05, 0.1) is 136 Å². The molecule has 3 saturated heterocycles. The molecule has 0 amide bonds. The van der Waals surface area contributed by atoms with Crippen molar-refractivity contribution in [2.24, 2.45) is 23.2 Å². The minimum atomic E-state index is -1.75. The molecule has 6 aliphatic rings. The van der Waals surface area contributed by atoms with Gasteiger partial charge >= 0.3 is 0 Å². The number of ether oxygens (including phenoxy) is 12. The van der Waals surface area contributed by atoms with Crippen LogP contribution in [0.4, 0.5) is 0 Å². The van der Waals surface area contributed by atoms with Gasteiger partial charge in [-0.25, -0.2) is 0 Å². The van der Waals surface area contributed by atoms with Gasteiger partial charge in [-0.05, 0) is 216 Å². The Morgan fingerprint density at radius 2 is 0.536 bits per heavy atom. The Morgan fingerprint density at radius 3 is 0.786 bits per heavy atom. The second kappa shape index (κ2) is 36.8. The fourth-order valence-corrected chi connectivity index (χ4v) is 40.6. The van der Waals surface area contributed by atoms with Crippen LogP contribution in [0.5, 0.6) is 0 Å². The summed E-state index contributed by atoms with van der Waals surface area (Å²) in [5.74, 6) is 2.48. The van der Waals surface area contributed by atoms with Crippen LogP contribution >= 0.6 is 0 Å². The fraction of sp³-hybridized carbons (Fsp3) is 1.00. The molecule has 3 saturated carbocycles. The van der Waals surface area contributed by atoms with Gasteiger partial charge in [0.2, 0.25) is 0 Å². The zero-order valence-corrected chi connectivity index (χ0v) is 62.1. The van der Waals surface area contributed by atoms with Crippen LogP contribution in [0.15, 0.2) is 0 Å². The first-order chi connectivity index (χ1) is 39.9. The Bertz CT molecular complexity index is 1590. The van der Waals surface area contributed by atoms with Crippen LogP contribution in [0.1, 0.15) is 110 Å². The summed E-state index contributed by atoms with van der Waals surface area (Å²) < 4.78 is 92.8. The van der Waals surface area contributed by atoms with Crippen molar-refractivity contribution in [2.75, 3.05) is 119 Å². The molecule has 0 N–H and O–H groups in total. The summed E-state index contributed by atoms with van der Waals surface area (Å²) in [5.41, 5.74) is -0.314. The lowest BCUT2D eigenvalue weighted by molar-refractivity contribution is -0.0917. The summed E-state index contributed by atoms with van der Waals surface area (Å²) in [5, 5.41) is 0. The maximum Gasteiger partial charge on any atom is 0.173 e. The first-order valence-corrected chi connectivity index (χ1v) is 52.9. The standard InChI is InChI=1S/C63H128O15Si6/c1-14-63(51-70-39-36-67-33-30-64-27-15-42-79(2,3)76-82(8,9)45-24-54-18-21-57-60(48-54)73-57,52-71-40-37-68-34-31-65-28-16-43-80(4,5)77-83(10,11)46-25-55-19-22-58-61(49-55)74-58)53-72-41-38-69-35-32-66-29-17-44-81(6,7)78-84(12,13)47-26-56-20-23-59-62(50-56)75-59/h54-62H,14-53H2,1-13H3. The van der Waals surface area contributed by atoms with Crippen LogP contribution in [-0.2, 0) is 69.2 Å². The second-order valence-electron chi connectivity index (χ2n) is 30.2. The molecule has 0 radical (unpaired) electrons. The van der Waals surface area contributed by atoms with E-state index >= 15 is 0 Å². The molecule has 15 nitrogen and oxygen atoms in total. The van der Waals surface area contributed by atoms with E-state index in [0.717, 1.165) is 81.4 Å². The molecule has 9 atom stereocenters. The fourth-order valence-electron chi connectivity index (χ4n) is 13.9. The first-order valence-electron chi connectivity index (χ1n) is 34.2. The molecule has 3 aliphatic heterocycles. The molecule has 9 unspecified atom stereocenters. The summed E-state index contributed by atoms with van der Waals surface area (Å²) in [6, 6.07) is 7.15. The molecular weight excluding hydrogens is 1170 g/mol. The topological polar surface area (TPSA) is 148 Å². The Morgan fingerprint density at radius 1 is 0.298 bits per heavy atom. The average Bonchev–Trinajstić information content (AvgIpc) is 4.19. The van der Waals surface area contributed by atoms with Crippen LogP contribution in [0.25, 0.3) is 0 Å². The summed E-state index contributed by atoms with van der Waals surface area (Å²) in [7, 11) is -10.3. The SMILES string of the molecule is CCC(COCCOCCOCCC[Si](C)(C)O[Si](C)(C)CCC1CCC2OC2C1)(COCCOCCOCCC[Si](C)(C)O[Si](C)(C)CCC1CCC2OC2C1)COCCOCCOCCC[Si](C)(C)O[Si](C)(C)CCC1CCC2OC2C1. The lowest BCUT2D eigenvalue weighted by atomic mass is 9.88. The quantitative estimate of drug-likeness (QED) is 0.0323. The van der Waals surface area contributed by atoms with Crippen LogP contribution in [0.2, 0.25) is 115 Å². The Hall–Kier alpha value is 0.701. The van der Waals surface area contributed by atoms with Crippen molar-refractivity contribution in [3.05, 3.63) is 0 Å². The normalized spacial score (nSPS) is 26.2. The van der Waals surface area contributed by atoms with Crippen LogP contribution in [0, 0.1) is 23.2 Å². The molecule has 494 valence electrons. The van der Waals surface area contributed by atoms with Crippen LogP contribution in [-0.4, -0.2) is 205 Å². The predicted molar refractivity (Wildman–Crippen MR) is 353 cm³/mol. The van der Waals surface area contributed by atoms with Crippen molar-refractivity contribution >= 4 is 49.9 Å². The van der Waals surface area contributed by atoms with Crippen molar-refractivity contribution in [1.82, 2.24) is 0 Å². The number of hydrogen-bond acceptors (Lipinski definition) is 15. The highest BCUT2D eigenvalue weighted by molar-refractivity contribution is 6.86. The van der Waals surface area contributed by atoms with E-state index in [0.29, 0.717) is 136 Å². The molecule has 0 aromatic heterocycles. The lowest BCUT2D eigenvalue weighted by Crippen LogP contribution is -2.44. The number of fused-ring (bicyclic) bond motifs is 3. The van der Waals surface area contributed by atoms with Crippen molar-refractivity contribution in [1.29, 1.82) is 0 Å². The maximum absolute atomic E-state index is 6.95. The third-order valence-corrected chi connectivity index (χ3v) is 41.3. The van der Waals surface area contributed by atoms with E-state index in [4.69, 9.17) is 69.2 Å². The first kappa shape index (κ1) is 73.7. The van der Waals surface area contributed by atoms with Crippen molar-refractivity contribution in [2.45, 2.75) is 261 Å². The Labute approximate surface area is 519 Å². The highest BCUT2D eigenvalue weighted by Gasteiger charge is 2.47. The van der Waals surface area contributed by atoms with Crippen molar-refractivity contribution in [3.63, 3.8) is 0 Å². The summed E-state index contributed by atoms with van der Waals surface area (Å²) in [6.07, 6.45) is 22.9. The third kappa shape index (κ3) is 31.3. The zero-order chi connectivity index (χ0) is 60.6. The molecule has 6 rings (SSSR count). The molecule has 0 bridgehead atoms. The largest absolute Gasteiger partial charge is 0.455 e. The van der Waals surface area contributed by atoms with Gasteiger partial charge in [-0.1, -0.05) is 26.2 Å².